The summed E-state index contributed by atoms with van der Waals surface area (Å²) < 4.78 is 5.16. The highest BCUT2D eigenvalue weighted by atomic mass is 35.5. The molecule has 2 N–H and O–H groups in total. The molecule has 2 aromatic heterocycles. The highest BCUT2D eigenvalue weighted by Crippen LogP contribution is 2.38. The Morgan fingerprint density at radius 2 is 2.08 bits per heavy atom. The first-order valence-corrected chi connectivity index (χ1v) is 8.07. The van der Waals surface area contributed by atoms with Crippen molar-refractivity contribution < 1.29 is 9.53 Å². The zero-order valence-corrected chi connectivity index (χ0v) is 14.5. The molecule has 124 valence electrons. The van der Waals surface area contributed by atoms with Gasteiger partial charge in [0.05, 0.1) is 12.3 Å². The van der Waals surface area contributed by atoms with Crippen LogP contribution in [0.5, 0.6) is 0 Å². The van der Waals surface area contributed by atoms with Crippen molar-refractivity contribution in [1.29, 1.82) is 0 Å². The van der Waals surface area contributed by atoms with Gasteiger partial charge in [0.15, 0.2) is 0 Å². The summed E-state index contributed by atoms with van der Waals surface area (Å²) in [6.45, 7) is 5.89. The highest BCUT2D eigenvalue weighted by molar-refractivity contribution is 6.33. The molecule has 2 heterocycles. The quantitative estimate of drug-likeness (QED) is 0.684. The van der Waals surface area contributed by atoms with E-state index in [1.54, 1.807) is 13.8 Å². The van der Waals surface area contributed by atoms with Gasteiger partial charge in [-0.15, -0.1) is 0 Å². The van der Waals surface area contributed by atoms with Crippen molar-refractivity contribution in [2.75, 3.05) is 6.61 Å². The Balaban J connectivity index is 2.18. The monoisotopic (exact) mass is 343 g/mol. The van der Waals surface area contributed by atoms with E-state index in [4.69, 9.17) is 16.3 Å². The Morgan fingerprint density at radius 1 is 1.29 bits per heavy atom. The summed E-state index contributed by atoms with van der Waals surface area (Å²) in [5.41, 5.74) is 5.24. The minimum atomic E-state index is -0.393. The first-order valence-electron chi connectivity index (χ1n) is 7.69. The number of benzene rings is 1. The third-order valence-corrected chi connectivity index (χ3v) is 4.22. The fourth-order valence-corrected chi connectivity index (χ4v) is 3.13. The van der Waals surface area contributed by atoms with Crippen LogP contribution in [-0.4, -0.2) is 27.8 Å². The van der Waals surface area contributed by atoms with Crippen molar-refractivity contribution in [3.8, 4) is 22.5 Å². The van der Waals surface area contributed by atoms with Crippen molar-refractivity contribution >= 4 is 17.6 Å². The molecule has 3 rings (SSSR count). The lowest BCUT2D eigenvalue weighted by Crippen LogP contribution is -2.07. The van der Waals surface area contributed by atoms with E-state index in [0.717, 1.165) is 22.4 Å². The Hall–Kier alpha value is -2.53. The third-order valence-electron chi connectivity index (χ3n) is 3.90. The van der Waals surface area contributed by atoms with Crippen LogP contribution in [0, 0.1) is 13.8 Å². The van der Waals surface area contributed by atoms with E-state index >= 15 is 0 Å². The summed E-state index contributed by atoms with van der Waals surface area (Å²) in [6.07, 6.45) is 1.81. The number of carbonyl (C=O) groups excluding carboxylic acids is 1. The van der Waals surface area contributed by atoms with Crippen molar-refractivity contribution in [3.05, 3.63) is 52.3 Å². The Kier molecular flexibility index (Phi) is 4.44. The maximum absolute atomic E-state index is 12.3. The number of halogens is 1. The van der Waals surface area contributed by atoms with Crippen LogP contribution in [0.15, 0.2) is 30.5 Å². The first kappa shape index (κ1) is 16.3. The van der Waals surface area contributed by atoms with Gasteiger partial charge in [0, 0.05) is 28.0 Å². The minimum Gasteiger partial charge on any atom is -0.462 e. The summed E-state index contributed by atoms with van der Waals surface area (Å²) in [6, 6.07) is 7.70. The molecule has 24 heavy (non-hydrogen) atoms. The molecule has 1 aromatic carbocycles. The van der Waals surface area contributed by atoms with Crippen LogP contribution in [0.2, 0.25) is 5.02 Å². The Bertz CT molecular complexity index is 875. The number of aryl methyl sites for hydroxylation is 2. The van der Waals surface area contributed by atoms with Crippen LogP contribution in [0.1, 0.15) is 28.5 Å². The fraction of sp³-hybridized carbons (Fsp3) is 0.222. The standard InChI is InChI=1S/C18H18ClN3O2/c1-4-24-18(23)15-11(3)21-22-17(15)16-12(8-9-20-16)14-10(2)6-5-7-13(14)19/h5-9,20H,4H2,1-3H3,(H,21,22). The smallest absolute Gasteiger partial charge is 0.342 e. The van der Waals surface area contributed by atoms with Crippen molar-refractivity contribution in [2.24, 2.45) is 0 Å². The lowest BCUT2D eigenvalue weighted by atomic mass is 9.98. The topological polar surface area (TPSA) is 70.8 Å². The van der Waals surface area contributed by atoms with E-state index < -0.39 is 5.97 Å². The second-order valence-corrected chi connectivity index (χ2v) is 5.90. The predicted octanol–water partition coefficient (Wildman–Crippen LogP) is 4.52. The molecule has 0 radical (unpaired) electrons. The number of hydrogen-bond donors (Lipinski definition) is 2. The molecule has 0 aliphatic carbocycles. The summed E-state index contributed by atoms with van der Waals surface area (Å²) in [5.74, 6) is -0.393. The number of H-pyrrole nitrogens is 2. The lowest BCUT2D eigenvalue weighted by Gasteiger charge is -2.10. The van der Waals surface area contributed by atoms with E-state index in [2.05, 4.69) is 15.2 Å². The van der Waals surface area contributed by atoms with Gasteiger partial charge in [-0.1, -0.05) is 23.7 Å². The molecule has 0 bridgehead atoms. The maximum atomic E-state index is 12.3. The molecule has 0 spiro atoms. The number of carbonyl (C=O) groups is 1. The molecule has 0 unspecified atom stereocenters. The van der Waals surface area contributed by atoms with E-state index in [9.17, 15) is 4.79 Å². The number of nitrogens with zero attached hydrogens (tertiary/aromatic N) is 1. The van der Waals surface area contributed by atoms with E-state index in [1.165, 1.54) is 0 Å². The largest absolute Gasteiger partial charge is 0.462 e. The number of rotatable bonds is 4. The number of hydrogen-bond acceptors (Lipinski definition) is 3. The number of ether oxygens (including phenoxy) is 1. The van der Waals surface area contributed by atoms with Gasteiger partial charge in [-0.2, -0.15) is 5.10 Å². The van der Waals surface area contributed by atoms with E-state index in [1.807, 2.05) is 37.4 Å². The second-order valence-electron chi connectivity index (χ2n) is 5.49. The van der Waals surface area contributed by atoms with Crippen LogP contribution in [0.4, 0.5) is 0 Å². The molecule has 3 aromatic rings. The molecule has 0 amide bonds. The average molecular weight is 344 g/mol. The number of aromatic nitrogens is 3. The van der Waals surface area contributed by atoms with Gasteiger partial charge >= 0.3 is 5.97 Å². The van der Waals surface area contributed by atoms with Gasteiger partial charge in [-0.05, 0) is 38.5 Å². The third kappa shape index (κ3) is 2.71. The second kappa shape index (κ2) is 6.53. The van der Waals surface area contributed by atoms with Crippen LogP contribution in [0.25, 0.3) is 22.5 Å². The fourth-order valence-electron chi connectivity index (χ4n) is 2.81. The van der Waals surface area contributed by atoms with Gasteiger partial charge in [-0.3, -0.25) is 5.10 Å². The highest BCUT2D eigenvalue weighted by Gasteiger charge is 2.24. The molecule has 5 nitrogen and oxygen atoms in total. The molecule has 6 heteroatoms. The van der Waals surface area contributed by atoms with Crippen molar-refractivity contribution in [2.45, 2.75) is 20.8 Å². The van der Waals surface area contributed by atoms with Gasteiger partial charge < -0.3 is 9.72 Å². The molecule has 0 aliphatic heterocycles. The zero-order chi connectivity index (χ0) is 17.3. The molecule has 0 saturated heterocycles. The minimum absolute atomic E-state index is 0.310. The number of aromatic amines is 2. The predicted molar refractivity (Wildman–Crippen MR) is 94.3 cm³/mol. The Labute approximate surface area is 145 Å². The van der Waals surface area contributed by atoms with Gasteiger partial charge in [-0.25, -0.2) is 4.79 Å². The first-order chi connectivity index (χ1) is 11.5. The van der Waals surface area contributed by atoms with Gasteiger partial charge in [0.1, 0.15) is 11.3 Å². The zero-order valence-electron chi connectivity index (χ0n) is 13.7. The summed E-state index contributed by atoms with van der Waals surface area (Å²) in [5, 5.41) is 7.83. The Morgan fingerprint density at radius 3 is 2.79 bits per heavy atom. The molecule has 0 aliphatic rings. The van der Waals surface area contributed by atoms with Crippen LogP contribution in [0.3, 0.4) is 0 Å². The molecule has 0 saturated carbocycles. The average Bonchev–Trinajstić information content (AvgIpc) is 3.14. The van der Waals surface area contributed by atoms with Crippen molar-refractivity contribution in [3.63, 3.8) is 0 Å². The molecular formula is C18H18ClN3O2. The number of nitrogens with one attached hydrogen (secondary N) is 2. The van der Waals surface area contributed by atoms with Crippen LogP contribution >= 0.6 is 11.6 Å². The SMILES string of the molecule is CCOC(=O)c1c(-c2[nH]ccc2-c2c(C)cccc2Cl)n[nH]c1C. The van der Waals surface area contributed by atoms with E-state index in [0.29, 0.717) is 28.6 Å². The number of esters is 1. The normalized spacial score (nSPS) is 10.8. The van der Waals surface area contributed by atoms with Crippen LogP contribution in [-0.2, 0) is 4.74 Å². The maximum Gasteiger partial charge on any atom is 0.342 e. The van der Waals surface area contributed by atoms with Crippen molar-refractivity contribution in [1.82, 2.24) is 15.2 Å². The molecule has 0 fully saturated rings. The van der Waals surface area contributed by atoms with Gasteiger partial charge in [0.25, 0.3) is 0 Å². The molecule has 0 atom stereocenters. The lowest BCUT2D eigenvalue weighted by molar-refractivity contribution is 0.0526. The van der Waals surface area contributed by atoms with E-state index in [-0.39, 0.29) is 0 Å². The summed E-state index contributed by atoms with van der Waals surface area (Å²) in [7, 11) is 0. The summed E-state index contributed by atoms with van der Waals surface area (Å²) >= 11 is 6.40. The summed E-state index contributed by atoms with van der Waals surface area (Å²) in [4.78, 5) is 15.5. The van der Waals surface area contributed by atoms with Gasteiger partial charge in [0.2, 0.25) is 0 Å². The van der Waals surface area contributed by atoms with Crippen LogP contribution < -0.4 is 0 Å². The molecular weight excluding hydrogens is 326 g/mol.